The van der Waals surface area contributed by atoms with Gasteiger partial charge < -0.3 is 9.74 Å². The molecule has 1 saturated heterocycles. The van der Waals surface area contributed by atoms with Crippen LogP contribution in [0.5, 0.6) is 0 Å². The Balaban J connectivity index is 1.74. The van der Waals surface area contributed by atoms with Gasteiger partial charge in [-0.3, -0.25) is 4.79 Å². The van der Waals surface area contributed by atoms with Crippen LogP contribution in [0.3, 0.4) is 0 Å². The van der Waals surface area contributed by atoms with E-state index in [1.807, 2.05) is 4.90 Å². The summed E-state index contributed by atoms with van der Waals surface area (Å²) in [5.74, 6) is 0.122. The molecule has 5 heteroatoms. The second-order valence-electron chi connectivity index (χ2n) is 6.52. The van der Waals surface area contributed by atoms with Crippen molar-refractivity contribution in [1.29, 1.82) is 0 Å². The van der Waals surface area contributed by atoms with Gasteiger partial charge in [0.2, 0.25) is 5.60 Å². The van der Waals surface area contributed by atoms with Gasteiger partial charge in [0.1, 0.15) is 5.82 Å². The highest BCUT2D eigenvalue weighted by atomic mass is 19.1. The van der Waals surface area contributed by atoms with Gasteiger partial charge >= 0.3 is 0 Å². The lowest BCUT2D eigenvalue weighted by Crippen LogP contribution is -2.50. The fourth-order valence-corrected chi connectivity index (χ4v) is 3.20. The van der Waals surface area contributed by atoms with Crippen molar-refractivity contribution in [2.75, 3.05) is 13.1 Å². The summed E-state index contributed by atoms with van der Waals surface area (Å²) in [6, 6.07) is 6.44. The Labute approximate surface area is 129 Å². The third kappa shape index (κ3) is 2.72. The maximum atomic E-state index is 13.9. The number of halogens is 1. The van der Waals surface area contributed by atoms with Crippen molar-refractivity contribution < 1.29 is 14.0 Å². The molecule has 0 N–H and O–H groups in total. The third-order valence-electron chi connectivity index (χ3n) is 4.44. The highest BCUT2D eigenvalue weighted by molar-refractivity contribution is 6.05. The molecule has 2 heterocycles. The van der Waals surface area contributed by atoms with E-state index in [9.17, 15) is 9.18 Å². The van der Waals surface area contributed by atoms with Crippen LogP contribution in [0.4, 0.5) is 4.39 Å². The van der Waals surface area contributed by atoms with Gasteiger partial charge in [0.15, 0.2) is 0 Å². The first kappa shape index (κ1) is 15.0. The minimum Gasteiger partial charge on any atom is -0.379 e. The second kappa shape index (κ2) is 5.71. The summed E-state index contributed by atoms with van der Waals surface area (Å²) in [4.78, 5) is 20.1. The average molecular weight is 304 g/mol. The molecule has 2 unspecified atom stereocenters. The summed E-state index contributed by atoms with van der Waals surface area (Å²) < 4.78 is 13.9. The Bertz CT molecular complexity index is 616. The standard InChI is InChI=1S/C17H21FN2O2/c1-12-6-5-9-20(11-12)16(21)17(2)10-15(19-22-17)13-7-3-4-8-14(13)18/h3-4,7-8,12H,5-6,9-11H2,1-2H3. The quantitative estimate of drug-likeness (QED) is 0.843. The van der Waals surface area contributed by atoms with Gasteiger partial charge in [-0.25, -0.2) is 4.39 Å². The molecule has 22 heavy (non-hydrogen) atoms. The number of nitrogens with zero attached hydrogens (tertiary/aromatic N) is 2. The Morgan fingerprint density at radius 3 is 2.95 bits per heavy atom. The van der Waals surface area contributed by atoms with Gasteiger partial charge in [-0.15, -0.1) is 0 Å². The van der Waals surface area contributed by atoms with E-state index < -0.39 is 5.60 Å². The molecule has 0 aromatic heterocycles. The molecule has 4 nitrogen and oxygen atoms in total. The number of oxime groups is 1. The molecule has 2 aliphatic rings. The summed E-state index contributed by atoms with van der Waals surface area (Å²) in [6.07, 6.45) is 2.47. The van der Waals surface area contributed by atoms with E-state index in [0.29, 0.717) is 23.6 Å². The average Bonchev–Trinajstić information content (AvgIpc) is 2.90. The number of carbonyl (C=O) groups excluding carboxylic acids is 1. The van der Waals surface area contributed by atoms with Crippen molar-refractivity contribution in [2.45, 2.75) is 38.7 Å². The van der Waals surface area contributed by atoms with Gasteiger partial charge in [-0.1, -0.05) is 30.3 Å². The van der Waals surface area contributed by atoms with Gasteiger partial charge in [0, 0.05) is 25.1 Å². The van der Waals surface area contributed by atoms with Crippen LogP contribution in [0, 0.1) is 11.7 Å². The van der Waals surface area contributed by atoms with Gasteiger partial charge in [0.05, 0.1) is 5.71 Å². The number of rotatable bonds is 2. The van der Waals surface area contributed by atoms with Crippen LogP contribution in [-0.2, 0) is 9.63 Å². The number of amides is 1. The van der Waals surface area contributed by atoms with Gasteiger partial charge in [-0.05, 0) is 31.7 Å². The monoisotopic (exact) mass is 304 g/mol. The molecule has 2 aliphatic heterocycles. The first-order valence-electron chi connectivity index (χ1n) is 7.79. The lowest BCUT2D eigenvalue weighted by molar-refractivity contribution is -0.155. The summed E-state index contributed by atoms with van der Waals surface area (Å²) in [7, 11) is 0. The largest absolute Gasteiger partial charge is 0.379 e. The van der Waals surface area contributed by atoms with Crippen molar-refractivity contribution in [2.24, 2.45) is 11.1 Å². The SMILES string of the molecule is CC1CCCN(C(=O)C2(C)CC(c3ccccc3F)=NO2)C1. The van der Waals surface area contributed by atoms with Crippen LogP contribution < -0.4 is 0 Å². The zero-order valence-corrected chi connectivity index (χ0v) is 13.0. The molecule has 1 aromatic carbocycles. The number of piperidine rings is 1. The molecule has 1 aromatic rings. The van der Waals surface area contributed by atoms with E-state index in [2.05, 4.69) is 12.1 Å². The summed E-state index contributed by atoms with van der Waals surface area (Å²) in [5.41, 5.74) is -0.112. The number of likely N-dealkylation sites (tertiary alicyclic amines) is 1. The van der Waals surface area contributed by atoms with Crippen molar-refractivity contribution >= 4 is 11.6 Å². The normalized spacial score (nSPS) is 28.2. The second-order valence-corrected chi connectivity index (χ2v) is 6.52. The fraction of sp³-hybridized carbons (Fsp3) is 0.529. The van der Waals surface area contributed by atoms with E-state index in [4.69, 9.17) is 4.84 Å². The van der Waals surface area contributed by atoms with Gasteiger partial charge in [0.25, 0.3) is 5.91 Å². The highest BCUT2D eigenvalue weighted by Gasteiger charge is 2.45. The van der Waals surface area contributed by atoms with Gasteiger partial charge in [-0.2, -0.15) is 0 Å². The molecule has 118 valence electrons. The Morgan fingerprint density at radius 2 is 2.23 bits per heavy atom. The van der Waals surface area contributed by atoms with E-state index in [0.717, 1.165) is 25.9 Å². The zero-order chi connectivity index (χ0) is 15.7. The predicted molar refractivity (Wildman–Crippen MR) is 82.0 cm³/mol. The van der Waals surface area contributed by atoms with E-state index >= 15 is 0 Å². The summed E-state index contributed by atoms with van der Waals surface area (Å²) in [5, 5.41) is 3.98. The lowest BCUT2D eigenvalue weighted by Gasteiger charge is -2.35. The Kier molecular flexibility index (Phi) is 3.89. The minimum atomic E-state index is -1.02. The predicted octanol–water partition coefficient (Wildman–Crippen LogP) is 2.97. The molecule has 2 atom stereocenters. The maximum absolute atomic E-state index is 13.9. The third-order valence-corrected chi connectivity index (χ3v) is 4.44. The minimum absolute atomic E-state index is 0.0471. The van der Waals surface area contributed by atoms with Crippen LogP contribution in [0.1, 0.15) is 38.7 Å². The van der Waals surface area contributed by atoms with Crippen LogP contribution in [-0.4, -0.2) is 35.2 Å². The smallest absolute Gasteiger partial charge is 0.269 e. The van der Waals surface area contributed by atoms with Crippen LogP contribution >= 0.6 is 0 Å². The number of hydrogen-bond acceptors (Lipinski definition) is 3. The lowest BCUT2D eigenvalue weighted by atomic mass is 9.92. The molecule has 1 amide bonds. The molecule has 0 spiro atoms. The Hall–Kier alpha value is -1.91. The first-order chi connectivity index (χ1) is 10.5. The topological polar surface area (TPSA) is 41.9 Å². The number of carbonyl (C=O) groups is 1. The molecule has 1 fully saturated rings. The summed E-state index contributed by atoms with van der Waals surface area (Å²) in [6.45, 7) is 5.41. The van der Waals surface area contributed by atoms with Crippen molar-refractivity contribution in [3.8, 4) is 0 Å². The van der Waals surface area contributed by atoms with E-state index in [-0.39, 0.29) is 11.7 Å². The molecule has 0 bridgehead atoms. The Morgan fingerprint density at radius 1 is 1.45 bits per heavy atom. The molecule has 0 radical (unpaired) electrons. The highest BCUT2D eigenvalue weighted by Crippen LogP contribution is 2.30. The number of benzene rings is 1. The molecule has 0 aliphatic carbocycles. The first-order valence-corrected chi connectivity index (χ1v) is 7.79. The van der Waals surface area contributed by atoms with Crippen molar-refractivity contribution in [3.63, 3.8) is 0 Å². The van der Waals surface area contributed by atoms with E-state index in [1.54, 1.807) is 25.1 Å². The van der Waals surface area contributed by atoms with Crippen molar-refractivity contribution in [3.05, 3.63) is 35.6 Å². The zero-order valence-electron chi connectivity index (χ0n) is 13.0. The van der Waals surface area contributed by atoms with E-state index in [1.165, 1.54) is 6.07 Å². The maximum Gasteiger partial charge on any atom is 0.269 e. The van der Waals surface area contributed by atoms with Crippen LogP contribution in [0.25, 0.3) is 0 Å². The molecular weight excluding hydrogens is 283 g/mol. The van der Waals surface area contributed by atoms with Crippen LogP contribution in [0.15, 0.2) is 29.4 Å². The number of hydrogen-bond donors (Lipinski definition) is 0. The van der Waals surface area contributed by atoms with Crippen molar-refractivity contribution in [1.82, 2.24) is 4.90 Å². The van der Waals surface area contributed by atoms with Crippen LogP contribution in [0.2, 0.25) is 0 Å². The fourth-order valence-electron chi connectivity index (χ4n) is 3.20. The molecule has 0 saturated carbocycles. The molecular formula is C17H21FN2O2. The molecule has 3 rings (SSSR count). The summed E-state index contributed by atoms with van der Waals surface area (Å²) >= 11 is 0.